The fourth-order valence-electron chi connectivity index (χ4n) is 2.78. The summed E-state index contributed by atoms with van der Waals surface area (Å²) >= 11 is 0. The molecule has 0 saturated carbocycles. The van der Waals surface area contributed by atoms with Crippen molar-refractivity contribution >= 4 is 11.8 Å². The van der Waals surface area contributed by atoms with E-state index in [0.717, 1.165) is 12.0 Å². The predicted octanol–water partition coefficient (Wildman–Crippen LogP) is 3.42. The summed E-state index contributed by atoms with van der Waals surface area (Å²) in [5, 5.41) is 2.96. The molecule has 0 saturated heterocycles. The third-order valence-corrected chi connectivity index (χ3v) is 4.38. The van der Waals surface area contributed by atoms with Crippen LogP contribution in [0.15, 0.2) is 60.7 Å². The molecule has 0 fully saturated rings. The van der Waals surface area contributed by atoms with E-state index in [1.807, 2.05) is 74.5 Å². The molecule has 2 rings (SSSR count). The Labute approximate surface area is 156 Å². The van der Waals surface area contributed by atoms with Gasteiger partial charge >= 0.3 is 0 Å². The fraction of sp³-hybridized carbons (Fsp3) is 0.364. The van der Waals surface area contributed by atoms with Crippen LogP contribution in [0, 0.1) is 5.92 Å². The molecule has 0 radical (unpaired) electrons. The average Bonchev–Trinajstić information content (AvgIpc) is 2.66. The first-order chi connectivity index (χ1) is 12.5. The van der Waals surface area contributed by atoms with E-state index in [-0.39, 0.29) is 17.7 Å². The molecule has 0 spiro atoms. The van der Waals surface area contributed by atoms with Crippen molar-refractivity contribution in [1.82, 2.24) is 10.2 Å². The molecular formula is C22H28N2O2. The minimum Gasteiger partial charge on any atom is -0.354 e. The van der Waals surface area contributed by atoms with Crippen LogP contribution >= 0.6 is 0 Å². The summed E-state index contributed by atoms with van der Waals surface area (Å²) in [5.74, 6) is -0.288. The number of hydrogen-bond donors (Lipinski definition) is 1. The van der Waals surface area contributed by atoms with E-state index in [4.69, 9.17) is 0 Å². The van der Waals surface area contributed by atoms with Crippen LogP contribution in [-0.4, -0.2) is 29.3 Å². The smallest absolute Gasteiger partial charge is 0.242 e. The van der Waals surface area contributed by atoms with E-state index in [1.54, 1.807) is 11.8 Å². The minimum atomic E-state index is -0.513. The summed E-state index contributed by atoms with van der Waals surface area (Å²) in [6.45, 7) is 6.51. The van der Waals surface area contributed by atoms with Gasteiger partial charge in [-0.15, -0.1) is 0 Å². The summed E-state index contributed by atoms with van der Waals surface area (Å²) in [6, 6.07) is 19.3. The highest BCUT2D eigenvalue weighted by Crippen LogP contribution is 2.13. The van der Waals surface area contributed by atoms with Gasteiger partial charge in [-0.05, 0) is 24.5 Å². The lowest BCUT2D eigenvalue weighted by atomic mass is 10.1. The van der Waals surface area contributed by atoms with Gasteiger partial charge in [0, 0.05) is 19.0 Å². The maximum Gasteiger partial charge on any atom is 0.242 e. The zero-order valence-electron chi connectivity index (χ0n) is 15.8. The summed E-state index contributed by atoms with van der Waals surface area (Å²) in [7, 11) is 0. The lowest BCUT2D eigenvalue weighted by molar-refractivity contribution is -0.143. The van der Waals surface area contributed by atoms with Gasteiger partial charge in [-0.2, -0.15) is 0 Å². The maximum atomic E-state index is 12.6. The number of carbonyl (C=O) groups excluding carboxylic acids is 2. The standard InChI is InChI=1S/C22H28N2O2/c1-17(2)22(26)24(16-20-12-8-5-9-13-20)18(3)21(25)23-15-14-19-10-6-4-7-11-19/h4-13,17-18H,14-16H2,1-3H3,(H,23,25). The quantitative estimate of drug-likeness (QED) is 0.791. The van der Waals surface area contributed by atoms with Crippen LogP contribution < -0.4 is 5.32 Å². The van der Waals surface area contributed by atoms with E-state index in [2.05, 4.69) is 5.32 Å². The minimum absolute atomic E-state index is 0.0143. The summed E-state index contributed by atoms with van der Waals surface area (Å²) < 4.78 is 0. The Hall–Kier alpha value is -2.62. The van der Waals surface area contributed by atoms with Crippen molar-refractivity contribution in [1.29, 1.82) is 0 Å². The number of nitrogens with zero attached hydrogens (tertiary/aromatic N) is 1. The highest BCUT2D eigenvalue weighted by Gasteiger charge is 2.27. The largest absolute Gasteiger partial charge is 0.354 e. The number of benzene rings is 2. The van der Waals surface area contributed by atoms with Crippen molar-refractivity contribution in [3.8, 4) is 0 Å². The Morgan fingerprint density at radius 3 is 1.96 bits per heavy atom. The predicted molar refractivity (Wildman–Crippen MR) is 104 cm³/mol. The Morgan fingerprint density at radius 1 is 0.885 bits per heavy atom. The normalized spacial score (nSPS) is 11.8. The zero-order chi connectivity index (χ0) is 18.9. The van der Waals surface area contributed by atoms with Gasteiger partial charge in [0.25, 0.3) is 0 Å². The van der Waals surface area contributed by atoms with Crippen molar-refractivity contribution in [2.45, 2.75) is 39.8 Å². The highest BCUT2D eigenvalue weighted by molar-refractivity contribution is 5.88. The number of hydrogen-bond acceptors (Lipinski definition) is 2. The Balaban J connectivity index is 1.98. The van der Waals surface area contributed by atoms with Crippen molar-refractivity contribution in [2.75, 3.05) is 6.54 Å². The van der Waals surface area contributed by atoms with Crippen molar-refractivity contribution in [2.24, 2.45) is 5.92 Å². The van der Waals surface area contributed by atoms with Crippen molar-refractivity contribution in [3.63, 3.8) is 0 Å². The first-order valence-electron chi connectivity index (χ1n) is 9.15. The molecule has 1 unspecified atom stereocenters. The van der Waals surface area contributed by atoms with Crippen LogP contribution in [0.5, 0.6) is 0 Å². The van der Waals surface area contributed by atoms with Crippen LogP contribution in [0.3, 0.4) is 0 Å². The van der Waals surface area contributed by atoms with Crippen molar-refractivity contribution in [3.05, 3.63) is 71.8 Å². The van der Waals surface area contributed by atoms with Crippen LogP contribution in [0.2, 0.25) is 0 Å². The summed E-state index contributed by atoms with van der Waals surface area (Å²) in [5.41, 5.74) is 2.20. The second-order valence-electron chi connectivity index (χ2n) is 6.81. The molecule has 4 heteroatoms. The number of nitrogens with one attached hydrogen (secondary N) is 1. The van der Waals surface area contributed by atoms with E-state index >= 15 is 0 Å². The Bertz CT molecular complexity index is 699. The van der Waals surface area contributed by atoms with Gasteiger partial charge in [-0.1, -0.05) is 74.5 Å². The Morgan fingerprint density at radius 2 is 1.42 bits per heavy atom. The molecule has 2 amide bonds. The average molecular weight is 352 g/mol. The fourth-order valence-corrected chi connectivity index (χ4v) is 2.78. The molecule has 26 heavy (non-hydrogen) atoms. The van der Waals surface area contributed by atoms with Crippen LogP contribution in [-0.2, 0) is 22.6 Å². The van der Waals surface area contributed by atoms with Gasteiger partial charge in [0.1, 0.15) is 6.04 Å². The topological polar surface area (TPSA) is 49.4 Å². The molecule has 0 bridgehead atoms. The number of amides is 2. The molecule has 0 heterocycles. The lowest BCUT2D eigenvalue weighted by Gasteiger charge is -2.30. The van der Waals surface area contributed by atoms with Crippen molar-refractivity contribution < 1.29 is 9.59 Å². The molecule has 0 aromatic heterocycles. The van der Waals surface area contributed by atoms with Gasteiger partial charge in [0.2, 0.25) is 11.8 Å². The number of carbonyl (C=O) groups is 2. The van der Waals surface area contributed by atoms with E-state index < -0.39 is 6.04 Å². The molecule has 0 aliphatic carbocycles. The third kappa shape index (κ3) is 5.73. The molecule has 1 N–H and O–H groups in total. The lowest BCUT2D eigenvalue weighted by Crippen LogP contribution is -2.49. The molecule has 138 valence electrons. The monoisotopic (exact) mass is 352 g/mol. The number of rotatable bonds is 8. The molecule has 1 atom stereocenters. The first-order valence-corrected chi connectivity index (χ1v) is 9.15. The Kier molecular flexibility index (Phi) is 7.39. The second-order valence-corrected chi connectivity index (χ2v) is 6.81. The van der Waals surface area contributed by atoms with Gasteiger partial charge in [0.05, 0.1) is 0 Å². The van der Waals surface area contributed by atoms with E-state index in [1.165, 1.54) is 5.56 Å². The van der Waals surface area contributed by atoms with Gasteiger partial charge in [0.15, 0.2) is 0 Å². The molecule has 2 aromatic carbocycles. The van der Waals surface area contributed by atoms with Crippen LogP contribution in [0.1, 0.15) is 31.9 Å². The first kappa shape index (κ1) is 19.7. The van der Waals surface area contributed by atoms with E-state index in [9.17, 15) is 9.59 Å². The third-order valence-electron chi connectivity index (χ3n) is 4.38. The molecule has 0 aliphatic heterocycles. The summed E-state index contributed by atoms with van der Waals surface area (Å²) in [6.07, 6.45) is 0.774. The maximum absolute atomic E-state index is 12.6. The zero-order valence-corrected chi connectivity index (χ0v) is 15.8. The van der Waals surface area contributed by atoms with Crippen LogP contribution in [0.25, 0.3) is 0 Å². The summed E-state index contributed by atoms with van der Waals surface area (Å²) in [4.78, 5) is 26.9. The molecule has 4 nitrogen and oxygen atoms in total. The molecule has 0 aliphatic rings. The van der Waals surface area contributed by atoms with E-state index in [0.29, 0.717) is 13.1 Å². The SMILES string of the molecule is CC(C)C(=O)N(Cc1ccccc1)C(C)C(=O)NCCc1ccccc1. The van der Waals surface area contributed by atoms with Gasteiger partial charge < -0.3 is 10.2 Å². The second kappa shape index (κ2) is 9.76. The van der Waals surface area contributed by atoms with Gasteiger partial charge in [-0.3, -0.25) is 9.59 Å². The van der Waals surface area contributed by atoms with Gasteiger partial charge in [-0.25, -0.2) is 0 Å². The molecular weight excluding hydrogens is 324 g/mol. The highest BCUT2D eigenvalue weighted by atomic mass is 16.2. The van der Waals surface area contributed by atoms with Crippen LogP contribution in [0.4, 0.5) is 0 Å². The molecule has 2 aromatic rings.